The Morgan fingerprint density at radius 2 is 1.72 bits per heavy atom. The lowest BCUT2D eigenvalue weighted by Crippen LogP contribution is -2.46. The third kappa shape index (κ3) is 5.06. The largest absolute Gasteiger partial charge is 0.370 e. The van der Waals surface area contributed by atoms with E-state index >= 15 is 0 Å². The van der Waals surface area contributed by atoms with Gasteiger partial charge in [-0.25, -0.2) is 9.97 Å². The number of piperazine rings is 1. The summed E-state index contributed by atoms with van der Waals surface area (Å²) in [4.78, 5) is 15.8. The zero-order valence-electron chi connectivity index (χ0n) is 15.2. The van der Waals surface area contributed by atoms with Crippen molar-refractivity contribution in [3.05, 3.63) is 42.7 Å². The van der Waals surface area contributed by atoms with Crippen molar-refractivity contribution in [2.45, 2.75) is 6.42 Å². The van der Waals surface area contributed by atoms with Gasteiger partial charge in [-0.15, -0.1) is 0 Å². The van der Waals surface area contributed by atoms with Gasteiger partial charge in [-0.1, -0.05) is 18.2 Å². The molecule has 0 atom stereocenters. The standard InChI is InChI=1S/C19H28N6/c1-23(2)10-6-9-20-18-15-19(22-16-21-18)25-13-11-24(12-14-25)17-7-4-3-5-8-17/h3-5,7-8,15-16H,6,9-14H2,1-2H3,(H,20,21,22). The zero-order chi connectivity index (χ0) is 17.5. The smallest absolute Gasteiger partial charge is 0.134 e. The van der Waals surface area contributed by atoms with Crippen molar-refractivity contribution in [3.8, 4) is 0 Å². The molecule has 6 nitrogen and oxygen atoms in total. The Morgan fingerprint density at radius 1 is 1.00 bits per heavy atom. The van der Waals surface area contributed by atoms with Gasteiger partial charge in [-0.3, -0.25) is 0 Å². The van der Waals surface area contributed by atoms with Crippen molar-refractivity contribution >= 4 is 17.3 Å². The van der Waals surface area contributed by atoms with Gasteiger partial charge in [0.2, 0.25) is 0 Å². The van der Waals surface area contributed by atoms with Gasteiger partial charge in [-0.05, 0) is 39.2 Å². The maximum Gasteiger partial charge on any atom is 0.134 e. The number of nitrogens with one attached hydrogen (secondary N) is 1. The van der Waals surface area contributed by atoms with Crippen LogP contribution in [0.2, 0.25) is 0 Å². The number of nitrogens with zero attached hydrogens (tertiary/aromatic N) is 5. The Balaban J connectivity index is 1.52. The van der Waals surface area contributed by atoms with Crippen LogP contribution in [0.25, 0.3) is 0 Å². The van der Waals surface area contributed by atoms with Crippen molar-refractivity contribution in [3.63, 3.8) is 0 Å². The SMILES string of the molecule is CN(C)CCCNc1cc(N2CCN(c3ccccc3)CC2)ncn1. The fourth-order valence-corrected chi connectivity index (χ4v) is 3.06. The molecule has 1 fully saturated rings. The summed E-state index contributed by atoms with van der Waals surface area (Å²) in [6.07, 6.45) is 2.76. The number of rotatable bonds is 7. The maximum absolute atomic E-state index is 4.47. The van der Waals surface area contributed by atoms with Gasteiger partial charge in [-0.2, -0.15) is 0 Å². The first kappa shape index (κ1) is 17.5. The van der Waals surface area contributed by atoms with Gasteiger partial charge >= 0.3 is 0 Å². The van der Waals surface area contributed by atoms with Crippen LogP contribution in [0.1, 0.15) is 6.42 Å². The van der Waals surface area contributed by atoms with Crippen LogP contribution in [0.4, 0.5) is 17.3 Å². The summed E-state index contributed by atoms with van der Waals surface area (Å²) in [7, 11) is 4.19. The van der Waals surface area contributed by atoms with Crippen molar-refractivity contribution in [2.75, 3.05) is 68.5 Å². The highest BCUT2D eigenvalue weighted by Crippen LogP contribution is 2.20. The van der Waals surface area contributed by atoms with Crippen LogP contribution in [-0.2, 0) is 0 Å². The van der Waals surface area contributed by atoms with Crippen LogP contribution in [0, 0.1) is 0 Å². The van der Waals surface area contributed by atoms with Crippen molar-refractivity contribution in [1.29, 1.82) is 0 Å². The van der Waals surface area contributed by atoms with E-state index < -0.39 is 0 Å². The fourth-order valence-electron chi connectivity index (χ4n) is 3.06. The minimum Gasteiger partial charge on any atom is -0.370 e. The molecule has 0 radical (unpaired) electrons. The van der Waals surface area contributed by atoms with Gasteiger partial charge in [0, 0.05) is 44.5 Å². The molecule has 6 heteroatoms. The maximum atomic E-state index is 4.47. The highest BCUT2D eigenvalue weighted by molar-refractivity contribution is 5.52. The van der Waals surface area contributed by atoms with E-state index in [1.807, 2.05) is 0 Å². The minimum absolute atomic E-state index is 0.911. The predicted octanol–water partition coefficient (Wildman–Crippen LogP) is 2.17. The van der Waals surface area contributed by atoms with Crippen molar-refractivity contribution < 1.29 is 0 Å². The molecular weight excluding hydrogens is 312 g/mol. The summed E-state index contributed by atoms with van der Waals surface area (Å²) in [6.45, 7) is 5.99. The molecule has 25 heavy (non-hydrogen) atoms. The lowest BCUT2D eigenvalue weighted by Gasteiger charge is -2.36. The monoisotopic (exact) mass is 340 g/mol. The molecule has 1 aromatic carbocycles. The minimum atomic E-state index is 0.911. The number of benzene rings is 1. The second kappa shape index (κ2) is 8.67. The van der Waals surface area contributed by atoms with Crippen LogP contribution in [0.3, 0.4) is 0 Å². The van der Waals surface area contributed by atoms with E-state index in [0.717, 1.165) is 57.3 Å². The van der Waals surface area contributed by atoms with Crippen LogP contribution in [0.5, 0.6) is 0 Å². The molecular formula is C19H28N6. The fraction of sp³-hybridized carbons (Fsp3) is 0.474. The third-order valence-corrected chi connectivity index (χ3v) is 4.47. The second-order valence-corrected chi connectivity index (χ2v) is 6.65. The topological polar surface area (TPSA) is 47.5 Å². The van der Waals surface area contributed by atoms with E-state index in [4.69, 9.17) is 0 Å². The van der Waals surface area contributed by atoms with Crippen LogP contribution in [-0.4, -0.2) is 68.2 Å². The first-order valence-electron chi connectivity index (χ1n) is 8.98. The van der Waals surface area contributed by atoms with Crippen LogP contribution < -0.4 is 15.1 Å². The summed E-state index contributed by atoms with van der Waals surface area (Å²) >= 11 is 0. The molecule has 0 saturated carbocycles. The molecule has 0 unspecified atom stereocenters. The van der Waals surface area contributed by atoms with E-state index in [-0.39, 0.29) is 0 Å². The van der Waals surface area contributed by atoms with Crippen LogP contribution >= 0.6 is 0 Å². The third-order valence-electron chi connectivity index (χ3n) is 4.47. The molecule has 0 amide bonds. The molecule has 0 aliphatic carbocycles. The summed E-state index contributed by atoms with van der Waals surface area (Å²) in [5.74, 6) is 1.92. The second-order valence-electron chi connectivity index (χ2n) is 6.65. The average Bonchev–Trinajstić information content (AvgIpc) is 2.66. The summed E-state index contributed by atoms with van der Waals surface area (Å²) in [6, 6.07) is 12.7. The number of hydrogen-bond acceptors (Lipinski definition) is 6. The first-order valence-corrected chi connectivity index (χ1v) is 8.98. The predicted molar refractivity (Wildman–Crippen MR) is 105 cm³/mol. The van der Waals surface area contributed by atoms with Crippen LogP contribution in [0.15, 0.2) is 42.7 Å². The molecule has 2 heterocycles. The Bertz CT molecular complexity index is 637. The Kier molecular flexibility index (Phi) is 6.06. The molecule has 1 aliphatic rings. The molecule has 1 aromatic heterocycles. The Hall–Kier alpha value is -2.34. The normalized spacial score (nSPS) is 14.8. The molecule has 3 rings (SSSR count). The molecule has 1 saturated heterocycles. The lowest BCUT2D eigenvalue weighted by atomic mass is 10.2. The molecule has 1 N–H and O–H groups in total. The van der Waals surface area contributed by atoms with Gasteiger partial charge < -0.3 is 20.0 Å². The van der Waals surface area contributed by atoms with Crippen molar-refractivity contribution in [2.24, 2.45) is 0 Å². The van der Waals surface area contributed by atoms with Gasteiger partial charge in [0.25, 0.3) is 0 Å². The lowest BCUT2D eigenvalue weighted by molar-refractivity contribution is 0.405. The van der Waals surface area contributed by atoms with Crippen molar-refractivity contribution in [1.82, 2.24) is 14.9 Å². The number of anilines is 3. The average molecular weight is 340 g/mol. The van der Waals surface area contributed by atoms with Gasteiger partial charge in [0.15, 0.2) is 0 Å². The van der Waals surface area contributed by atoms with E-state index in [1.165, 1.54) is 5.69 Å². The Labute approximate surface area is 150 Å². The quantitative estimate of drug-likeness (QED) is 0.780. The summed E-state index contributed by atoms with van der Waals surface area (Å²) in [5, 5.41) is 3.40. The van der Waals surface area contributed by atoms with Gasteiger partial charge in [0.1, 0.15) is 18.0 Å². The summed E-state index contributed by atoms with van der Waals surface area (Å²) in [5.41, 5.74) is 1.30. The van der Waals surface area contributed by atoms with E-state index in [0.29, 0.717) is 0 Å². The highest BCUT2D eigenvalue weighted by atomic mass is 15.3. The number of aromatic nitrogens is 2. The molecule has 134 valence electrons. The van der Waals surface area contributed by atoms with E-state index in [9.17, 15) is 0 Å². The number of hydrogen-bond donors (Lipinski definition) is 1. The number of para-hydroxylation sites is 1. The van der Waals surface area contributed by atoms with E-state index in [1.54, 1.807) is 6.33 Å². The van der Waals surface area contributed by atoms with Gasteiger partial charge in [0.05, 0.1) is 0 Å². The zero-order valence-corrected chi connectivity index (χ0v) is 15.2. The molecule has 2 aromatic rings. The Morgan fingerprint density at radius 3 is 2.44 bits per heavy atom. The first-order chi connectivity index (χ1) is 12.2. The van der Waals surface area contributed by atoms with E-state index in [2.05, 4.69) is 80.5 Å². The molecule has 1 aliphatic heterocycles. The summed E-state index contributed by atoms with van der Waals surface area (Å²) < 4.78 is 0. The molecule has 0 bridgehead atoms. The molecule has 0 spiro atoms. The highest BCUT2D eigenvalue weighted by Gasteiger charge is 2.18.